The molecule has 116 valence electrons. The minimum absolute atomic E-state index is 0.252. The van der Waals surface area contributed by atoms with Gasteiger partial charge in [-0.2, -0.15) is 0 Å². The number of hydrogen-bond acceptors (Lipinski definition) is 3. The maximum atomic E-state index is 13.3. The summed E-state index contributed by atoms with van der Waals surface area (Å²) in [5.74, 6) is -0.144. The van der Waals surface area contributed by atoms with Gasteiger partial charge < -0.3 is 10.1 Å². The Morgan fingerprint density at radius 1 is 1.22 bits per heavy atom. The van der Waals surface area contributed by atoms with Crippen LogP contribution in [0.15, 0.2) is 54.2 Å². The van der Waals surface area contributed by atoms with E-state index in [0.29, 0.717) is 17.0 Å². The van der Waals surface area contributed by atoms with Gasteiger partial charge >= 0.3 is 0 Å². The Morgan fingerprint density at radius 3 is 2.74 bits per heavy atom. The molecule has 1 fully saturated rings. The lowest BCUT2D eigenvalue weighted by molar-refractivity contribution is -0.113. The Kier molecular flexibility index (Phi) is 4.08. The molecule has 1 aliphatic rings. The molecular weight excluding hydrogens is 315 g/mol. The van der Waals surface area contributed by atoms with E-state index in [2.05, 4.69) is 5.32 Å². The number of thiocarbonyl (C=S) groups is 1. The van der Waals surface area contributed by atoms with Crippen LogP contribution in [0.5, 0.6) is 5.75 Å². The second-order valence-corrected chi connectivity index (χ2v) is 5.24. The molecule has 4 nitrogen and oxygen atoms in total. The number of nitrogens with one attached hydrogen (secondary N) is 1. The topological polar surface area (TPSA) is 41.6 Å². The molecule has 0 atom stereocenters. The molecule has 1 amide bonds. The van der Waals surface area contributed by atoms with E-state index in [4.69, 9.17) is 17.0 Å². The van der Waals surface area contributed by atoms with Crippen molar-refractivity contribution in [2.75, 3.05) is 12.0 Å². The van der Waals surface area contributed by atoms with Gasteiger partial charge in [-0.1, -0.05) is 24.3 Å². The van der Waals surface area contributed by atoms with Crippen LogP contribution in [0.3, 0.4) is 0 Å². The number of hydrogen-bond donors (Lipinski definition) is 1. The third-order valence-corrected chi connectivity index (χ3v) is 3.65. The Morgan fingerprint density at radius 2 is 2.00 bits per heavy atom. The van der Waals surface area contributed by atoms with Gasteiger partial charge in [0.2, 0.25) is 0 Å². The second kappa shape index (κ2) is 6.18. The number of halogens is 1. The van der Waals surface area contributed by atoms with Crippen LogP contribution in [0.2, 0.25) is 0 Å². The molecule has 2 aromatic rings. The van der Waals surface area contributed by atoms with Crippen LogP contribution in [0.25, 0.3) is 6.08 Å². The van der Waals surface area contributed by atoms with Crippen LogP contribution in [0, 0.1) is 5.82 Å². The minimum atomic E-state index is -0.367. The first-order valence-corrected chi connectivity index (χ1v) is 7.26. The van der Waals surface area contributed by atoms with Crippen LogP contribution in [-0.2, 0) is 4.79 Å². The van der Waals surface area contributed by atoms with Crippen molar-refractivity contribution in [3.05, 3.63) is 65.6 Å². The first-order chi connectivity index (χ1) is 11.1. The van der Waals surface area contributed by atoms with Crippen molar-refractivity contribution in [3.8, 4) is 5.75 Å². The van der Waals surface area contributed by atoms with E-state index in [-0.39, 0.29) is 22.5 Å². The number of anilines is 1. The summed E-state index contributed by atoms with van der Waals surface area (Å²) < 4.78 is 18.5. The molecule has 1 saturated heterocycles. The van der Waals surface area contributed by atoms with Crippen LogP contribution in [0.4, 0.5) is 10.1 Å². The Bertz CT molecular complexity index is 820. The monoisotopic (exact) mass is 328 g/mol. The molecule has 0 bridgehead atoms. The quantitative estimate of drug-likeness (QED) is 0.694. The summed E-state index contributed by atoms with van der Waals surface area (Å²) >= 11 is 5.25. The Balaban J connectivity index is 1.97. The van der Waals surface area contributed by atoms with E-state index in [0.717, 1.165) is 0 Å². The number of amides is 1. The fourth-order valence-electron chi connectivity index (χ4n) is 2.33. The van der Waals surface area contributed by atoms with Crippen LogP contribution < -0.4 is 15.0 Å². The summed E-state index contributed by atoms with van der Waals surface area (Å²) in [6.45, 7) is 0. The summed E-state index contributed by atoms with van der Waals surface area (Å²) in [7, 11) is 1.53. The van der Waals surface area contributed by atoms with Gasteiger partial charge in [0.15, 0.2) is 5.11 Å². The Labute approximate surface area is 138 Å². The zero-order valence-electron chi connectivity index (χ0n) is 12.2. The number of carbonyl (C=O) groups is 1. The maximum absolute atomic E-state index is 13.3. The van der Waals surface area contributed by atoms with Gasteiger partial charge in [0.25, 0.3) is 5.91 Å². The van der Waals surface area contributed by atoms with E-state index >= 15 is 0 Å². The molecule has 1 heterocycles. The van der Waals surface area contributed by atoms with E-state index in [1.807, 2.05) is 6.07 Å². The van der Waals surface area contributed by atoms with Gasteiger partial charge in [-0.3, -0.25) is 4.79 Å². The molecule has 0 saturated carbocycles. The van der Waals surface area contributed by atoms with Crippen molar-refractivity contribution < 1.29 is 13.9 Å². The van der Waals surface area contributed by atoms with Gasteiger partial charge in [-0.15, -0.1) is 0 Å². The van der Waals surface area contributed by atoms with Gasteiger partial charge in [-0.25, -0.2) is 9.29 Å². The van der Waals surface area contributed by atoms with Gasteiger partial charge in [0.05, 0.1) is 12.8 Å². The van der Waals surface area contributed by atoms with Crippen molar-refractivity contribution in [3.63, 3.8) is 0 Å². The molecule has 0 unspecified atom stereocenters. The number of ether oxygens (including phenoxy) is 1. The number of carbonyl (C=O) groups excluding carboxylic acids is 1. The average Bonchev–Trinajstić information content (AvgIpc) is 2.81. The molecule has 3 rings (SSSR count). The largest absolute Gasteiger partial charge is 0.495 e. The SMILES string of the molecule is COc1ccccc1N1C(=O)/C(=C\c2cccc(F)c2)NC1=S. The molecular formula is C17H13FN2O2S. The number of benzene rings is 2. The summed E-state index contributed by atoms with van der Waals surface area (Å²) in [5.41, 5.74) is 1.41. The average molecular weight is 328 g/mol. The van der Waals surface area contributed by atoms with Crippen molar-refractivity contribution in [2.45, 2.75) is 0 Å². The number of methoxy groups -OCH3 is 1. The molecule has 0 aromatic heterocycles. The van der Waals surface area contributed by atoms with Gasteiger partial charge in [0, 0.05) is 0 Å². The number of rotatable bonds is 3. The lowest BCUT2D eigenvalue weighted by Crippen LogP contribution is -2.30. The summed E-state index contributed by atoms with van der Waals surface area (Å²) in [6, 6.07) is 13.1. The van der Waals surface area contributed by atoms with Crippen LogP contribution in [-0.4, -0.2) is 18.1 Å². The van der Waals surface area contributed by atoms with Gasteiger partial charge in [0.1, 0.15) is 17.3 Å². The van der Waals surface area contributed by atoms with E-state index in [9.17, 15) is 9.18 Å². The van der Waals surface area contributed by atoms with Crippen molar-refractivity contribution in [1.29, 1.82) is 0 Å². The summed E-state index contributed by atoms with van der Waals surface area (Å²) in [4.78, 5) is 14.0. The number of nitrogens with zero attached hydrogens (tertiary/aromatic N) is 1. The number of para-hydroxylation sites is 2. The first kappa shape index (κ1) is 15.2. The molecule has 2 aromatic carbocycles. The fraction of sp³-hybridized carbons (Fsp3) is 0.0588. The second-order valence-electron chi connectivity index (χ2n) is 4.86. The smallest absolute Gasteiger partial charge is 0.281 e. The highest BCUT2D eigenvalue weighted by Gasteiger charge is 2.33. The molecule has 1 N–H and O–H groups in total. The highest BCUT2D eigenvalue weighted by Crippen LogP contribution is 2.31. The summed E-state index contributed by atoms with van der Waals surface area (Å²) in [6.07, 6.45) is 1.56. The predicted octanol–water partition coefficient (Wildman–Crippen LogP) is 3.10. The molecule has 0 radical (unpaired) electrons. The lowest BCUT2D eigenvalue weighted by atomic mass is 10.2. The fourth-order valence-corrected chi connectivity index (χ4v) is 2.62. The van der Waals surface area contributed by atoms with E-state index < -0.39 is 0 Å². The predicted molar refractivity (Wildman–Crippen MR) is 90.6 cm³/mol. The zero-order valence-corrected chi connectivity index (χ0v) is 13.1. The Hall–Kier alpha value is -2.73. The standard InChI is InChI=1S/C17H13FN2O2S/c1-22-15-8-3-2-7-14(15)20-16(21)13(19-17(20)23)10-11-5-4-6-12(18)9-11/h2-10H,1H3,(H,19,23)/b13-10+. The highest BCUT2D eigenvalue weighted by molar-refractivity contribution is 7.80. The molecule has 23 heavy (non-hydrogen) atoms. The van der Waals surface area contributed by atoms with Crippen molar-refractivity contribution in [2.24, 2.45) is 0 Å². The van der Waals surface area contributed by atoms with Crippen molar-refractivity contribution >= 4 is 35.0 Å². The lowest BCUT2D eigenvalue weighted by Gasteiger charge is -2.17. The normalized spacial score (nSPS) is 15.9. The highest BCUT2D eigenvalue weighted by atomic mass is 32.1. The molecule has 0 aliphatic carbocycles. The molecule has 0 spiro atoms. The maximum Gasteiger partial charge on any atom is 0.281 e. The summed E-state index contributed by atoms with van der Waals surface area (Å²) in [5, 5.41) is 3.11. The first-order valence-electron chi connectivity index (χ1n) is 6.86. The molecule has 1 aliphatic heterocycles. The third kappa shape index (κ3) is 2.93. The molecule has 6 heteroatoms. The minimum Gasteiger partial charge on any atom is -0.495 e. The van der Waals surface area contributed by atoms with Crippen LogP contribution >= 0.6 is 12.2 Å². The van der Waals surface area contributed by atoms with E-state index in [1.54, 1.807) is 36.4 Å². The zero-order chi connectivity index (χ0) is 16.4. The third-order valence-electron chi connectivity index (χ3n) is 3.36. The van der Waals surface area contributed by atoms with E-state index in [1.165, 1.54) is 24.1 Å². The van der Waals surface area contributed by atoms with Crippen LogP contribution in [0.1, 0.15) is 5.56 Å². The van der Waals surface area contributed by atoms with Gasteiger partial charge in [-0.05, 0) is 48.1 Å². The van der Waals surface area contributed by atoms with Crippen molar-refractivity contribution in [1.82, 2.24) is 5.32 Å².